The number of halogens is 6. The number of hydrogen-bond donors (Lipinski definition) is 0. The standard InChI is InChI=1S/C14H20F6/c1-3-4-5-6-11-9-10(2)7-8-12(11,13(15,16)17)14(18,19)20/h7,11H,3-6,8-9H2,1-2H3. The molecule has 0 heterocycles. The molecule has 0 nitrogen and oxygen atoms in total. The van der Waals surface area contributed by atoms with Crippen LogP contribution in [0.15, 0.2) is 11.6 Å². The van der Waals surface area contributed by atoms with E-state index in [0.717, 1.165) is 12.5 Å². The van der Waals surface area contributed by atoms with Crippen LogP contribution in [0.5, 0.6) is 0 Å². The number of alkyl halides is 6. The lowest BCUT2D eigenvalue weighted by Crippen LogP contribution is -2.55. The Labute approximate surface area is 115 Å². The van der Waals surface area contributed by atoms with E-state index in [-0.39, 0.29) is 12.8 Å². The maximum atomic E-state index is 13.2. The minimum Gasteiger partial charge on any atom is -0.170 e. The zero-order valence-electron chi connectivity index (χ0n) is 11.7. The van der Waals surface area contributed by atoms with E-state index in [1.165, 1.54) is 0 Å². The van der Waals surface area contributed by atoms with Crippen molar-refractivity contribution in [2.24, 2.45) is 11.3 Å². The van der Waals surface area contributed by atoms with E-state index in [2.05, 4.69) is 0 Å². The van der Waals surface area contributed by atoms with Gasteiger partial charge in [-0.15, -0.1) is 0 Å². The molecule has 0 N–H and O–H groups in total. The van der Waals surface area contributed by atoms with Crippen LogP contribution in [0.4, 0.5) is 26.3 Å². The summed E-state index contributed by atoms with van der Waals surface area (Å²) in [5, 5.41) is 0. The smallest absolute Gasteiger partial charge is 0.170 e. The normalized spacial score (nSPS) is 23.6. The van der Waals surface area contributed by atoms with Crippen molar-refractivity contribution in [2.75, 3.05) is 0 Å². The molecule has 0 spiro atoms. The monoisotopic (exact) mass is 302 g/mol. The van der Waals surface area contributed by atoms with E-state index in [1.807, 2.05) is 6.92 Å². The van der Waals surface area contributed by atoms with Gasteiger partial charge in [0.2, 0.25) is 0 Å². The number of hydrogen-bond acceptors (Lipinski definition) is 0. The van der Waals surface area contributed by atoms with Gasteiger partial charge < -0.3 is 0 Å². The summed E-state index contributed by atoms with van der Waals surface area (Å²) in [5.74, 6) is -1.40. The Morgan fingerprint density at radius 3 is 2.10 bits per heavy atom. The maximum absolute atomic E-state index is 13.2. The van der Waals surface area contributed by atoms with Crippen LogP contribution in [0, 0.1) is 11.3 Å². The van der Waals surface area contributed by atoms with Crippen molar-refractivity contribution in [1.82, 2.24) is 0 Å². The molecule has 0 saturated heterocycles. The zero-order chi connectivity index (χ0) is 15.6. The van der Waals surface area contributed by atoms with Gasteiger partial charge >= 0.3 is 12.4 Å². The van der Waals surface area contributed by atoms with E-state index in [0.29, 0.717) is 18.4 Å². The fourth-order valence-corrected chi connectivity index (χ4v) is 2.99. The lowest BCUT2D eigenvalue weighted by molar-refractivity contribution is -0.359. The SMILES string of the molecule is CCCCCC1CC(C)=CCC1(C(F)(F)F)C(F)(F)F. The van der Waals surface area contributed by atoms with Gasteiger partial charge in [-0.25, -0.2) is 0 Å². The minimum atomic E-state index is -5.26. The lowest BCUT2D eigenvalue weighted by atomic mass is 9.64. The van der Waals surface area contributed by atoms with Gasteiger partial charge in [0.1, 0.15) is 0 Å². The molecule has 0 aromatic heterocycles. The molecule has 1 rings (SSSR count). The summed E-state index contributed by atoms with van der Waals surface area (Å²) in [6.45, 7) is 3.47. The van der Waals surface area contributed by atoms with Gasteiger partial charge in [-0.2, -0.15) is 26.3 Å². The molecule has 0 bridgehead atoms. The molecular weight excluding hydrogens is 282 g/mol. The second-order valence-corrected chi connectivity index (χ2v) is 5.62. The van der Waals surface area contributed by atoms with Crippen molar-refractivity contribution in [1.29, 1.82) is 0 Å². The van der Waals surface area contributed by atoms with Crippen molar-refractivity contribution >= 4 is 0 Å². The van der Waals surface area contributed by atoms with Gasteiger partial charge in [0.05, 0.1) is 0 Å². The van der Waals surface area contributed by atoms with Crippen LogP contribution in [0.25, 0.3) is 0 Å². The molecule has 0 fully saturated rings. The van der Waals surface area contributed by atoms with E-state index in [4.69, 9.17) is 0 Å². The molecule has 1 unspecified atom stereocenters. The summed E-state index contributed by atoms with van der Waals surface area (Å²) in [5.41, 5.74) is -2.96. The van der Waals surface area contributed by atoms with Crippen molar-refractivity contribution in [2.45, 2.75) is 64.7 Å². The second-order valence-electron chi connectivity index (χ2n) is 5.62. The van der Waals surface area contributed by atoms with Crippen LogP contribution in [-0.4, -0.2) is 12.4 Å². The average Bonchev–Trinajstić information content (AvgIpc) is 2.26. The minimum absolute atomic E-state index is 0.0297. The van der Waals surface area contributed by atoms with E-state index in [9.17, 15) is 26.3 Å². The summed E-state index contributed by atoms with van der Waals surface area (Å²) in [7, 11) is 0. The number of rotatable bonds is 4. The Morgan fingerprint density at radius 2 is 1.65 bits per heavy atom. The molecule has 0 saturated carbocycles. The molecule has 1 atom stereocenters. The first kappa shape index (κ1) is 17.4. The molecule has 0 aliphatic heterocycles. The Hall–Kier alpha value is -0.680. The van der Waals surface area contributed by atoms with Gasteiger partial charge in [-0.1, -0.05) is 37.8 Å². The van der Waals surface area contributed by atoms with Crippen molar-refractivity contribution in [3.8, 4) is 0 Å². The van der Waals surface area contributed by atoms with Crippen LogP contribution < -0.4 is 0 Å². The van der Waals surface area contributed by atoms with Gasteiger partial charge in [0.25, 0.3) is 0 Å². The molecule has 0 aromatic rings. The van der Waals surface area contributed by atoms with Gasteiger partial charge in [-0.3, -0.25) is 0 Å². The predicted molar refractivity (Wildman–Crippen MR) is 65.2 cm³/mol. The summed E-state index contributed by atoms with van der Waals surface area (Å²) in [6.07, 6.45) is -8.74. The summed E-state index contributed by atoms with van der Waals surface area (Å²) >= 11 is 0. The average molecular weight is 302 g/mol. The highest BCUT2D eigenvalue weighted by Crippen LogP contribution is 2.61. The van der Waals surface area contributed by atoms with Crippen LogP contribution in [0.1, 0.15) is 52.4 Å². The largest absolute Gasteiger partial charge is 0.403 e. The topological polar surface area (TPSA) is 0 Å². The Kier molecular flexibility index (Phi) is 5.19. The van der Waals surface area contributed by atoms with Crippen LogP contribution >= 0.6 is 0 Å². The third-order valence-corrected chi connectivity index (χ3v) is 4.21. The number of unbranched alkanes of at least 4 members (excludes halogenated alkanes) is 2. The molecule has 0 amide bonds. The highest BCUT2D eigenvalue weighted by atomic mass is 19.4. The lowest BCUT2D eigenvalue weighted by Gasteiger charge is -2.45. The molecule has 20 heavy (non-hydrogen) atoms. The van der Waals surface area contributed by atoms with Crippen LogP contribution in [0.3, 0.4) is 0 Å². The number of allylic oxidation sites excluding steroid dienone is 2. The van der Waals surface area contributed by atoms with Gasteiger partial charge in [0.15, 0.2) is 5.41 Å². The maximum Gasteiger partial charge on any atom is 0.403 e. The van der Waals surface area contributed by atoms with Crippen molar-refractivity contribution in [3.05, 3.63) is 11.6 Å². The summed E-state index contributed by atoms with van der Waals surface area (Å²) < 4.78 is 79.4. The van der Waals surface area contributed by atoms with Gasteiger partial charge in [-0.05, 0) is 32.1 Å². The molecule has 1 aliphatic rings. The third-order valence-electron chi connectivity index (χ3n) is 4.21. The highest BCUT2D eigenvalue weighted by Gasteiger charge is 2.73. The predicted octanol–water partition coefficient (Wildman–Crippen LogP) is 6.03. The Morgan fingerprint density at radius 1 is 1.10 bits per heavy atom. The van der Waals surface area contributed by atoms with Crippen molar-refractivity contribution in [3.63, 3.8) is 0 Å². The Bertz CT molecular complexity index is 336. The quantitative estimate of drug-likeness (QED) is 0.338. The second kappa shape index (κ2) is 5.98. The highest BCUT2D eigenvalue weighted by molar-refractivity contribution is 5.14. The summed E-state index contributed by atoms with van der Waals surface area (Å²) in [4.78, 5) is 0. The first-order valence-corrected chi connectivity index (χ1v) is 6.85. The fourth-order valence-electron chi connectivity index (χ4n) is 2.99. The molecule has 0 aromatic carbocycles. The first-order valence-electron chi connectivity index (χ1n) is 6.85. The van der Waals surface area contributed by atoms with E-state index in [1.54, 1.807) is 6.92 Å². The molecule has 1 aliphatic carbocycles. The molecular formula is C14H20F6. The van der Waals surface area contributed by atoms with E-state index < -0.39 is 30.1 Å². The Balaban J connectivity index is 3.16. The first-order chi connectivity index (χ1) is 9.06. The third kappa shape index (κ3) is 3.14. The molecule has 6 heteroatoms. The molecule has 0 radical (unpaired) electrons. The van der Waals surface area contributed by atoms with Crippen LogP contribution in [0.2, 0.25) is 0 Å². The summed E-state index contributed by atoms with van der Waals surface area (Å²) in [6, 6.07) is 0. The zero-order valence-corrected chi connectivity index (χ0v) is 11.7. The van der Waals surface area contributed by atoms with Crippen LogP contribution in [-0.2, 0) is 0 Å². The molecule has 118 valence electrons. The van der Waals surface area contributed by atoms with Gasteiger partial charge in [0, 0.05) is 0 Å². The fraction of sp³-hybridized carbons (Fsp3) is 0.857. The van der Waals surface area contributed by atoms with Crippen molar-refractivity contribution < 1.29 is 26.3 Å². The van der Waals surface area contributed by atoms with E-state index >= 15 is 0 Å².